The number of nitrogens with one attached hydrogen (secondary N) is 1. The Balaban J connectivity index is 1.57. The molecule has 2 aromatic rings. The molecule has 1 saturated heterocycles. The van der Waals surface area contributed by atoms with Gasteiger partial charge in [0.2, 0.25) is 5.43 Å². The SMILES string of the molecule is CS(=O)(=O)CCC1COC2Cn3cc(C(=O)NCc4ccc(F)cc4F)c(=O)c(O)c3C(=O)N12. The molecule has 2 aliphatic rings. The highest BCUT2D eigenvalue weighted by Gasteiger charge is 2.44. The van der Waals surface area contributed by atoms with E-state index in [1.807, 2.05) is 0 Å². The monoisotopic (exact) mass is 497 g/mol. The van der Waals surface area contributed by atoms with Gasteiger partial charge in [-0.05, 0) is 12.5 Å². The van der Waals surface area contributed by atoms with Gasteiger partial charge in [0, 0.05) is 30.6 Å². The van der Waals surface area contributed by atoms with Crippen LogP contribution in [0.25, 0.3) is 0 Å². The highest BCUT2D eigenvalue weighted by Crippen LogP contribution is 2.31. The molecule has 2 amide bonds. The van der Waals surface area contributed by atoms with E-state index in [4.69, 9.17) is 4.74 Å². The number of rotatable bonds is 6. The minimum Gasteiger partial charge on any atom is -0.503 e. The van der Waals surface area contributed by atoms with Crippen molar-refractivity contribution in [2.24, 2.45) is 0 Å². The number of aromatic hydroxyl groups is 1. The van der Waals surface area contributed by atoms with E-state index in [2.05, 4.69) is 5.32 Å². The highest BCUT2D eigenvalue weighted by molar-refractivity contribution is 7.90. The fourth-order valence-corrected chi connectivity index (χ4v) is 4.73. The molecule has 4 rings (SSSR count). The van der Waals surface area contributed by atoms with Crippen LogP contribution in [0, 0.1) is 11.6 Å². The Labute approximate surface area is 192 Å². The zero-order chi connectivity index (χ0) is 24.8. The van der Waals surface area contributed by atoms with Crippen molar-refractivity contribution in [3.63, 3.8) is 0 Å². The fourth-order valence-electron chi connectivity index (χ4n) is 4.03. The average molecular weight is 497 g/mol. The van der Waals surface area contributed by atoms with E-state index in [1.54, 1.807) is 0 Å². The van der Waals surface area contributed by atoms with Gasteiger partial charge in [0.05, 0.1) is 24.9 Å². The van der Waals surface area contributed by atoms with E-state index in [9.17, 15) is 36.7 Å². The van der Waals surface area contributed by atoms with Crippen LogP contribution in [0.2, 0.25) is 0 Å². The third-order valence-electron chi connectivity index (χ3n) is 5.75. The number of nitrogens with zero attached hydrogens (tertiary/aromatic N) is 2. The number of pyridine rings is 1. The predicted octanol–water partition coefficient (Wildman–Crippen LogP) is 0.378. The van der Waals surface area contributed by atoms with Crippen LogP contribution in [0.4, 0.5) is 8.78 Å². The lowest BCUT2D eigenvalue weighted by molar-refractivity contribution is 0.00565. The molecule has 0 spiro atoms. The van der Waals surface area contributed by atoms with E-state index in [0.29, 0.717) is 6.07 Å². The average Bonchev–Trinajstić information content (AvgIpc) is 3.16. The predicted molar refractivity (Wildman–Crippen MR) is 114 cm³/mol. The first-order valence-electron chi connectivity index (χ1n) is 10.3. The molecule has 2 aliphatic heterocycles. The Morgan fingerprint density at radius 1 is 1.29 bits per heavy atom. The molecule has 1 fully saturated rings. The van der Waals surface area contributed by atoms with Gasteiger partial charge in [-0.25, -0.2) is 17.2 Å². The smallest absolute Gasteiger partial charge is 0.276 e. The van der Waals surface area contributed by atoms with Crippen molar-refractivity contribution < 1.29 is 36.6 Å². The summed E-state index contributed by atoms with van der Waals surface area (Å²) in [6.45, 7) is -0.257. The second kappa shape index (κ2) is 8.80. The Kier molecular flexibility index (Phi) is 6.16. The minimum atomic E-state index is -3.27. The molecule has 13 heteroatoms. The third-order valence-corrected chi connectivity index (χ3v) is 6.73. The van der Waals surface area contributed by atoms with Crippen LogP contribution < -0.4 is 10.7 Å². The van der Waals surface area contributed by atoms with Crippen LogP contribution >= 0.6 is 0 Å². The van der Waals surface area contributed by atoms with Gasteiger partial charge in [-0.3, -0.25) is 14.4 Å². The zero-order valence-electron chi connectivity index (χ0n) is 18.0. The second-order valence-electron chi connectivity index (χ2n) is 8.21. The summed E-state index contributed by atoms with van der Waals surface area (Å²) in [5.41, 5.74) is -1.92. The van der Waals surface area contributed by atoms with Crippen molar-refractivity contribution in [3.05, 3.63) is 63.1 Å². The van der Waals surface area contributed by atoms with Crippen molar-refractivity contribution in [2.45, 2.75) is 31.8 Å². The van der Waals surface area contributed by atoms with Gasteiger partial charge in [0.25, 0.3) is 11.8 Å². The maximum Gasteiger partial charge on any atom is 0.276 e. The number of benzene rings is 1. The topological polar surface area (TPSA) is 135 Å². The minimum absolute atomic E-state index is 0.00282. The van der Waals surface area contributed by atoms with E-state index < -0.39 is 62.3 Å². The van der Waals surface area contributed by atoms with Gasteiger partial charge in [0.15, 0.2) is 17.7 Å². The molecule has 0 saturated carbocycles. The quantitative estimate of drug-likeness (QED) is 0.589. The summed E-state index contributed by atoms with van der Waals surface area (Å²) in [5, 5.41) is 12.8. The van der Waals surface area contributed by atoms with Crippen LogP contribution in [0.5, 0.6) is 5.75 Å². The lowest BCUT2D eigenvalue weighted by Gasteiger charge is -2.34. The van der Waals surface area contributed by atoms with E-state index in [1.165, 1.54) is 9.47 Å². The normalized spacial score (nSPS) is 19.6. The van der Waals surface area contributed by atoms with Crippen molar-refractivity contribution >= 4 is 21.7 Å². The molecule has 2 N–H and O–H groups in total. The van der Waals surface area contributed by atoms with Crippen molar-refractivity contribution in [2.75, 3.05) is 18.6 Å². The number of halogens is 2. The first-order chi connectivity index (χ1) is 16.0. The number of hydrogen-bond acceptors (Lipinski definition) is 7. The standard InChI is InChI=1S/C21H21F2N3O7S/c1-34(31,32)5-4-13-10-33-16-9-25-8-14(18(27)19(28)17(25)21(30)26(13)16)20(29)24-7-11-2-3-12(22)6-15(11)23/h2-3,6,8,13,16,28H,4-5,7,9-10H2,1H3,(H,24,29). The second-order valence-corrected chi connectivity index (χ2v) is 10.5. The van der Waals surface area contributed by atoms with E-state index in [0.717, 1.165) is 24.6 Å². The number of hydrogen-bond donors (Lipinski definition) is 2. The largest absolute Gasteiger partial charge is 0.503 e. The molecule has 2 unspecified atom stereocenters. The maximum atomic E-state index is 13.8. The molecule has 3 heterocycles. The first kappa shape index (κ1) is 23.8. The molecule has 2 atom stereocenters. The molecule has 182 valence electrons. The van der Waals surface area contributed by atoms with Crippen LogP contribution in [0.3, 0.4) is 0 Å². The molecule has 0 radical (unpaired) electrons. The van der Waals surface area contributed by atoms with Crippen LogP contribution in [-0.2, 0) is 27.7 Å². The van der Waals surface area contributed by atoms with Crippen molar-refractivity contribution in [3.8, 4) is 5.75 Å². The Bertz CT molecular complexity index is 1340. The molecule has 34 heavy (non-hydrogen) atoms. The Hall–Kier alpha value is -3.32. The number of ether oxygens (including phenoxy) is 1. The molecule has 1 aromatic heterocycles. The molecule has 0 aliphatic carbocycles. The molecule has 10 nitrogen and oxygen atoms in total. The summed E-state index contributed by atoms with van der Waals surface area (Å²) in [5.74, 6) is -4.39. The molecule has 1 aromatic carbocycles. The summed E-state index contributed by atoms with van der Waals surface area (Å²) < 4.78 is 56.7. The van der Waals surface area contributed by atoms with E-state index >= 15 is 0 Å². The molecule has 0 bridgehead atoms. The third kappa shape index (κ3) is 4.53. The van der Waals surface area contributed by atoms with Gasteiger partial charge < -0.3 is 24.6 Å². The summed E-state index contributed by atoms with van der Waals surface area (Å²) in [7, 11) is -3.27. The Morgan fingerprint density at radius 3 is 2.71 bits per heavy atom. The Morgan fingerprint density at radius 2 is 2.03 bits per heavy atom. The number of aromatic nitrogens is 1. The van der Waals surface area contributed by atoms with Gasteiger partial charge in [-0.15, -0.1) is 0 Å². The summed E-state index contributed by atoms with van der Waals surface area (Å²) in [4.78, 5) is 39.6. The highest BCUT2D eigenvalue weighted by atomic mass is 32.2. The van der Waals surface area contributed by atoms with Gasteiger partial charge >= 0.3 is 0 Å². The number of carbonyl (C=O) groups is 2. The molecular weight excluding hydrogens is 476 g/mol. The fraction of sp³-hybridized carbons (Fsp3) is 0.381. The number of carbonyl (C=O) groups excluding carboxylic acids is 2. The van der Waals surface area contributed by atoms with Crippen molar-refractivity contribution in [1.82, 2.24) is 14.8 Å². The summed E-state index contributed by atoms with van der Waals surface area (Å²) in [6, 6.07) is 2.27. The lowest BCUT2D eigenvalue weighted by Crippen LogP contribution is -2.50. The number of fused-ring (bicyclic) bond motifs is 2. The zero-order valence-corrected chi connectivity index (χ0v) is 18.8. The number of sulfone groups is 1. The molecular formula is C21H21F2N3O7S. The van der Waals surface area contributed by atoms with Crippen LogP contribution in [-0.4, -0.2) is 65.7 Å². The van der Waals surface area contributed by atoms with Crippen LogP contribution in [0.15, 0.2) is 29.2 Å². The van der Waals surface area contributed by atoms with E-state index in [-0.39, 0.29) is 43.1 Å². The van der Waals surface area contributed by atoms with Crippen LogP contribution in [0.1, 0.15) is 32.8 Å². The summed E-state index contributed by atoms with van der Waals surface area (Å²) >= 11 is 0. The number of amides is 2. The van der Waals surface area contributed by atoms with Gasteiger partial charge in [-0.2, -0.15) is 0 Å². The van der Waals surface area contributed by atoms with Crippen molar-refractivity contribution in [1.29, 1.82) is 0 Å². The lowest BCUT2D eigenvalue weighted by atomic mass is 10.1. The first-order valence-corrected chi connectivity index (χ1v) is 12.3. The summed E-state index contributed by atoms with van der Waals surface area (Å²) in [6.07, 6.45) is 1.55. The van der Waals surface area contributed by atoms with Gasteiger partial charge in [-0.1, -0.05) is 6.07 Å². The maximum absolute atomic E-state index is 13.8. The van der Waals surface area contributed by atoms with Gasteiger partial charge in [0.1, 0.15) is 27.0 Å².